The van der Waals surface area contributed by atoms with Crippen LogP contribution < -0.4 is 10.6 Å². The number of amides is 2. The van der Waals surface area contributed by atoms with Crippen LogP contribution in [0.3, 0.4) is 0 Å². The molecule has 0 spiro atoms. The molecular formula is C15H23N3OS2. The Kier molecular flexibility index (Phi) is 5.43. The molecular weight excluding hydrogens is 302 g/mol. The van der Waals surface area contributed by atoms with Crippen LogP contribution in [0.25, 0.3) is 0 Å². The van der Waals surface area contributed by atoms with Crippen LogP contribution >= 0.6 is 23.1 Å². The quantitative estimate of drug-likeness (QED) is 0.894. The Bertz CT molecular complexity index is 438. The van der Waals surface area contributed by atoms with Gasteiger partial charge in [-0.1, -0.05) is 0 Å². The lowest BCUT2D eigenvalue weighted by Crippen LogP contribution is -2.44. The minimum atomic E-state index is -0.0768. The van der Waals surface area contributed by atoms with Gasteiger partial charge in [0.1, 0.15) is 0 Å². The molecule has 3 heterocycles. The zero-order valence-electron chi connectivity index (χ0n) is 12.2. The van der Waals surface area contributed by atoms with Gasteiger partial charge in [-0.25, -0.2) is 4.79 Å². The average Bonchev–Trinajstić information content (AvgIpc) is 3.19. The highest BCUT2D eigenvalue weighted by Crippen LogP contribution is 2.26. The molecule has 2 aliphatic heterocycles. The van der Waals surface area contributed by atoms with E-state index in [9.17, 15) is 4.79 Å². The second-order valence-corrected chi connectivity index (χ2v) is 7.91. The number of thioether (sulfide) groups is 1. The van der Waals surface area contributed by atoms with Gasteiger partial charge in [-0.05, 0) is 61.5 Å². The maximum absolute atomic E-state index is 11.8. The number of nitrogens with one attached hydrogen (secondary N) is 2. The van der Waals surface area contributed by atoms with Gasteiger partial charge in [0, 0.05) is 18.3 Å². The first kappa shape index (κ1) is 15.2. The molecule has 2 aliphatic rings. The van der Waals surface area contributed by atoms with E-state index in [1.165, 1.54) is 43.9 Å². The molecule has 0 saturated carbocycles. The fourth-order valence-electron chi connectivity index (χ4n) is 3.08. The van der Waals surface area contributed by atoms with Gasteiger partial charge in [0.2, 0.25) is 0 Å². The highest BCUT2D eigenvalue weighted by Gasteiger charge is 2.27. The summed E-state index contributed by atoms with van der Waals surface area (Å²) in [6.07, 6.45) is 3.78. The maximum Gasteiger partial charge on any atom is 0.319 e. The SMILES string of the molecule is O=C(NCC1CCN([C@@H]2CCSC2)CC1)Nc1cccs1. The molecule has 2 fully saturated rings. The number of piperidine rings is 1. The molecule has 1 aromatic rings. The van der Waals surface area contributed by atoms with Crippen LogP contribution in [0.4, 0.5) is 9.80 Å². The maximum atomic E-state index is 11.8. The molecule has 1 aromatic heterocycles. The van der Waals surface area contributed by atoms with Gasteiger partial charge in [0.25, 0.3) is 0 Å². The summed E-state index contributed by atoms with van der Waals surface area (Å²) in [6, 6.07) is 4.60. The molecule has 0 aromatic carbocycles. The summed E-state index contributed by atoms with van der Waals surface area (Å²) >= 11 is 3.63. The molecule has 2 saturated heterocycles. The van der Waals surface area contributed by atoms with Gasteiger partial charge in [0.05, 0.1) is 5.00 Å². The molecule has 21 heavy (non-hydrogen) atoms. The van der Waals surface area contributed by atoms with Gasteiger partial charge < -0.3 is 5.32 Å². The van der Waals surface area contributed by atoms with E-state index in [4.69, 9.17) is 0 Å². The van der Waals surface area contributed by atoms with Crippen LogP contribution in [0.1, 0.15) is 19.3 Å². The topological polar surface area (TPSA) is 44.4 Å². The molecule has 4 nitrogen and oxygen atoms in total. The van der Waals surface area contributed by atoms with Crippen molar-refractivity contribution < 1.29 is 4.79 Å². The summed E-state index contributed by atoms with van der Waals surface area (Å²) in [7, 11) is 0. The van der Waals surface area contributed by atoms with Gasteiger partial charge >= 0.3 is 6.03 Å². The summed E-state index contributed by atoms with van der Waals surface area (Å²) in [6.45, 7) is 3.19. The molecule has 2 N–H and O–H groups in total. The number of carbonyl (C=O) groups is 1. The van der Waals surface area contributed by atoms with Crippen LogP contribution in [0.15, 0.2) is 17.5 Å². The molecule has 3 rings (SSSR count). The van der Waals surface area contributed by atoms with E-state index in [0.717, 1.165) is 17.6 Å². The molecule has 116 valence electrons. The van der Waals surface area contributed by atoms with Crippen molar-refractivity contribution in [1.29, 1.82) is 0 Å². The smallest absolute Gasteiger partial charge is 0.319 e. The van der Waals surface area contributed by atoms with Gasteiger partial charge in [-0.2, -0.15) is 11.8 Å². The summed E-state index contributed by atoms with van der Waals surface area (Å²) in [5.41, 5.74) is 0. The van der Waals surface area contributed by atoms with E-state index in [0.29, 0.717) is 5.92 Å². The number of nitrogens with zero attached hydrogens (tertiary/aromatic N) is 1. The number of carbonyl (C=O) groups excluding carboxylic acids is 1. The van der Waals surface area contributed by atoms with Crippen LogP contribution in [-0.2, 0) is 0 Å². The van der Waals surface area contributed by atoms with Crippen molar-refractivity contribution in [3.8, 4) is 0 Å². The standard InChI is InChI=1S/C15H23N3OS2/c19-15(17-14-2-1-8-21-14)16-10-12-3-6-18(7-4-12)13-5-9-20-11-13/h1-2,8,12-13H,3-7,9-11H2,(H2,16,17,19)/t13-/m1/s1. The van der Waals surface area contributed by atoms with E-state index in [-0.39, 0.29) is 6.03 Å². The van der Waals surface area contributed by atoms with Crippen molar-refractivity contribution in [2.45, 2.75) is 25.3 Å². The molecule has 0 unspecified atom stereocenters. The zero-order chi connectivity index (χ0) is 14.5. The van der Waals surface area contributed by atoms with E-state index in [2.05, 4.69) is 27.3 Å². The normalized spacial score (nSPS) is 24.1. The second-order valence-electron chi connectivity index (χ2n) is 5.81. The Labute approximate surface area is 134 Å². The van der Waals surface area contributed by atoms with Crippen molar-refractivity contribution in [1.82, 2.24) is 10.2 Å². The lowest BCUT2D eigenvalue weighted by molar-refractivity contribution is 0.143. The van der Waals surface area contributed by atoms with Gasteiger partial charge in [-0.15, -0.1) is 11.3 Å². The van der Waals surface area contributed by atoms with Gasteiger partial charge in [-0.3, -0.25) is 10.2 Å². The number of urea groups is 1. The molecule has 1 atom stereocenters. The third-order valence-corrected chi connectivity index (χ3v) is 6.31. The molecule has 0 bridgehead atoms. The Morgan fingerprint density at radius 1 is 1.33 bits per heavy atom. The average molecular weight is 326 g/mol. The van der Waals surface area contributed by atoms with Crippen molar-refractivity contribution in [2.75, 3.05) is 36.5 Å². The van der Waals surface area contributed by atoms with E-state index in [1.54, 1.807) is 11.3 Å². The number of hydrogen-bond acceptors (Lipinski definition) is 4. The number of anilines is 1. The Hall–Kier alpha value is -0.720. The number of thiophene rings is 1. The lowest BCUT2D eigenvalue weighted by Gasteiger charge is -2.35. The highest BCUT2D eigenvalue weighted by atomic mass is 32.2. The predicted octanol–water partition coefficient (Wildman–Crippen LogP) is 3.09. The fraction of sp³-hybridized carbons (Fsp3) is 0.667. The van der Waals surface area contributed by atoms with Crippen LogP contribution in [0.2, 0.25) is 0 Å². The molecule has 0 aliphatic carbocycles. The van der Waals surface area contributed by atoms with Crippen molar-refractivity contribution in [2.24, 2.45) is 5.92 Å². The van der Waals surface area contributed by atoms with Crippen LogP contribution in [0, 0.1) is 5.92 Å². The first-order chi connectivity index (χ1) is 10.3. The molecule has 6 heteroatoms. The van der Waals surface area contributed by atoms with Crippen LogP contribution in [0.5, 0.6) is 0 Å². The fourth-order valence-corrected chi connectivity index (χ4v) is 4.94. The van der Waals surface area contributed by atoms with Crippen molar-refractivity contribution >= 4 is 34.1 Å². The minimum Gasteiger partial charge on any atom is -0.338 e. The third-order valence-electron chi connectivity index (χ3n) is 4.38. The third kappa shape index (κ3) is 4.37. The summed E-state index contributed by atoms with van der Waals surface area (Å²) < 4.78 is 0. The molecule has 0 radical (unpaired) electrons. The van der Waals surface area contributed by atoms with E-state index < -0.39 is 0 Å². The number of hydrogen-bond donors (Lipinski definition) is 2. The first-order valence-electron chi connectivity index (χ1n) is 7.71. The predicted molar refractivity (Wildman–Crippen MR) is 91.4 cm³/mol. The largest absolute Gasteiger partial charge is 0.338 e. The monoisotopic (exact) mass is 325 g/mol. The number of rotatable bonds is 4. The first-order valence-corrected chi connectivity index (χ1v) is 9.75. The van der Waals surface area contributed by atoms with Gasteiger partial charge in [0.15, 0.2) is 0 Å². The highest BCUT2D eigenvalue weighted by molar-refractivity contribution is 7.99. The number of likely N-dealkylation sites (tertiary alicyclic amines) is 1. The van der Waals surface area contributed by atoms with Crippen molar-refractivity contribution in [3.63, 3.8) is 0 Å². The van der Waals surface area contributed by atoms with E-state index >= 15 is 0 Å². The zero-order valence-corrected chi connectivity index (χ0v) is 13.8. The summed E-state index contributed by atoms with van der Waals surface area (Å²) in [4.78, 5) is 14.5. The van der Waals surface area contributed by atoms with Crippen LogP contribution in [-0.4, -0.2) is 48.1 Å². The Morgan fingerprint density at radius 2 is 2.19 bits per heavy atom. The second kappa shape index (κ2) is 7.51. The van der Waals surface area contributed by atoms with Crippen molar-refractivity contribution in [3.05, 3.63) is 17.5 Å². The Balaban J connectivity index is 1.34. The Morgan fingerprint density at radius 3 is 2.86 bits per heavy atom. The van der Waals surface area contributed by atoms with E-state index in [1.807, 2.05) is 17.5 Å². The summed E-state index contributed by atoms with van der Waals surface area (Å²) in [5, 5.41) is 8.75. The molecule has 2 amide bonds. The lowest BCUT2D eigenvalue weighted by atomic mass is 9.95. The minimum absolute atomic E-state index is 0.0768. The summed E-state index contributed by atoms with van der Waals surface area (Å²) in [5.74, 6) is 3.27.